The van der Waals surface area contributed by atoms with E-state index >= 15 is 0 Å². The average molecular weight is 418 g/mol. The number of halogens is 3. The van der Waals surface area contributed by atoms with Crippen LogP contribution in [0.25, 0.3) is 0 Å². The Labute approximate surface area is 169 Å². The molecule has 8 nitrogen and oxygen atoms in total. The van der Waals surface area contributed by atoms with Gasteiger partial charge in [-0.2, -0.15) is 18.2 Å². The number of hydrogen-bond acceptors (Lipinski definition) is 4. The van der Waals surface area contributed by atoms with Crippen LogP contribution in [0.2, 0.25) is 0 Å². The van der Waals surface area contributed by atoms with E-state index in [2.05, 4.69) is 25.9 Å². The highest BCUT2D eigenvalue weighted by molar-refractivity contribution is 6.11. The fraction of sp³-hybridized carbons (Fsp3) is 0.158. The Morgan fingerprint density at radius 2 is 1.77 bits per heavy atom. The Hall–Kier alpha value is -3.89. The van der Waals surface area contributed by atoms with Gasteiger partial charge in [-0.3, -0.25) is 14.9 Å². The molecule has 30 heavy (non-hydrogen) atoms. The molecule has 0 saturated heterocycles. The van der Waals surface area contributed by atoms with Crippen molar-refractivity contribution < 1.29 is 22.8 Å². The molecule has 0 unspecified atom stereocenters. The minimum Gasteiger partial charge on any atom is -0.369 e. The van der Waals surface area contributed by atoms with Crippen LogP contribution in [0.3, 0.4) is 0 Å². The molecule has 3 rings (SSSR count). The third-order valence-corrected chi connectivity index (χ3v) is 3.97. The molecule has 2 aromatic carbocycles. The molecule has 0 aromatic heterocycles. The molecular weight excluding hydrogens is 401 g/mol. The van der Waals surface area contributed by atoms with E-state index in [1.54, 1.807) is 24.3 Å². The number of nitrogens with one attached hydrogen (secondary N) is 3. The molecule has 11 heteroatoms. The molecule has 0 spiro atoms. The topological polar surface area (TPSA) is 121 Å². The first-order chi connectivity index (χ1) is 14.2. The van der Waals surface area contributed by atoms with Crippen LogP contribution in [0.5, 0.6) is 0 Å². The summed E-state index contributed by atoms with van der Waals surface area (Å²) < 4.78 is 39.1. The predicted octanol–water partition coefficient (Wildman–Crippen LogP) is 2.32. The Morgan fingerprint density at radius 1 is 1.10 bits per heavy atom. The van der Waals surface area contributed by atoms with Crippen molar-refractivity contribution in [3.63, 3.8) is 0 Å². The first-order valence-electron chi connectivity index (χ1n) is 8.73. The quantitative estimate of drug-likeness (QED) is 0.450. The lowest BCUT2D eigenvalue weighted by Crippen LogP contribution is -2.32. The summed E-state index contributed by atoms with van der Waals surface area (Å²) in [5.74, 6) is -1.55. The zero-order chi connectivity index (χ0) is 21.7. The highest BCUT2D eigenvalue weighted by Gasteiger charge is 2.34. The van der Waals surface area contributed by atoms with Crippen LogP contribution in [0.1, 0.15) is 12.0 Å². The third kappa shape index (κ3) is 5.34. The second-order valence-electron chi connectivity index (χ2n) is 6.24. The van der Waals surface area contributed by atoms with Crippen molar-refractivity contribution >= 4 is 35.1 Å². The van der Waals surface area contributed by atoms with Crippen LogP contribution in [0.4, 0.5) is 24.5 Å². The van der Waals surface area contributed by atoms with E-state index in [1.807, 2.05) is 6.07 Å². The smallest absolute Gasteiger partial charge is 0.369 e. The molecular formula is C19H17F3N6O2. The highest BCUT2D eigenvalue weighted by Crippen LogP contribution is 2.34. The normalized spacial score (nSPS) is 16.6. The minimum absolute atomic E-state index is 0.0375. The number of nitrogens with zero attached hydrogens (tertiary/aromatic N) is 2. The molecule has 0 bridgehead atoms. The van der Waals surface area contributed by atoms with E-state index in [0.29, 0.717) is 5.69 Å². The maximum atomic E-state index is 13.0. The number of alkyl halides is 3. The number of anilines is 2. The van der Waals surface area contributed by atoms with Gasteiger partial charge < -0.3 is 16.4 Å². The van der Waals surface area contributed by atoms with Crippen molar-refractivity contribution in [2.24, 2.45) is 15.7 Å². The molecule has 156 valence electrons. The van der Waals surface area contributed by atoms with E-state index in [1.165, 1.54) is 12.1 Å². The van der Waals surface area contributed by atoms with Gasteiger partial charge in [0.25, 0.3) is 5.91 Å². The summed E-state index contributed by atoms with van der Waals surface area (Å²) in [6.07, 6.45) is -5.08. The van der Waals surface area contributed by atoms with Crippen molar-refractivity contribution in [1.29, 1.82) is 0 Å². The third-order valence-electron chi connectivity index (χ3n) is 3.97. The van der Waals surface area contributed by atoms with E-state index in [4.69, 9.17) is 5.73 Å². The van der Waals surface area contributed by atoms with E-state index in [9.17, 15) is 22.8 Å². The fourth-order valence-corrected chi connectivity index (χ4v) is 2.65. The first kappa shape index (κ1) is 20.8. The molecule has 1 heterocycles. The lowest BCUT2D eigenvalue weighted by Gasteiger charge is -2.13. The van der Waals surface area contributed by atoms with Gasteiger partial charge in [0.2, 0.25) is 17.8 Å². The Morgan fingerprint density at radius 3 is 2.47 bits per heavy atom. The molecule has 2 amide bonds. The summed E-state index contributed by atoms with van der Waals surface area (Å²) >= 11 is 0. The van der Waals surface area contributed by atoms with Crippen LogP contribution < -0.4 is 21.7 Å². The monoisotopic (exact) mass is 418 g/mol. The number of hydrogen-bond donors (Lipinski definition) is 4. The van der Waals surface area contributed by atoms with E-state index in [0.717, 1.165) is 12.1 Å². The second kappa shape index (κ2) is 8.64. The Bertz CT molecular complexity index is 1000. The molecule has 2 aromatic rings. The van der Waals surface area contributed by atoms with Crippen LogP contribution in [-0.4, -0.2) is 29.8 Å². The van der Waals surface area contributed by atoms with Crippen molar-refractivity contribution in [2.45, 2.75) is 18.6 Å². The van der Waals surface area contributed by atoms with Crippen molar-refractivity contribution in [3.8, 4) is 0 Å². The predicted molar refractivity (Wildman–Crippen MR) is 106 cm³/mol. The summed E-state index contributed by atoms with van der Waals surface area (Å²) in [4.78, 5) is 32.1. The van der Waals surface area contributed by atoms with Crippen molar-refractivity contribution in [1.82, 2.24) is 5.32 Å². The fourth-order valence-electron chi connectivity index (χ4n) is 2.65. The maximum Gasteiger partial charge on any atom is 0.418 e. The van der Waals surface area contributed by atoms with Crippen molar-refractivity contribution in [2.75, 3.05) is 10.6 Å². The zero-order valence-electron chi connectivity index (χ0n) is 15.4. The first-order valence-corrected chi connectivity index (χ1v) is 8.73. The van der Waals surface area contributed by atoms with Gasteiger partial charge in [-0.15, -0.1) is 0 Å². The van der Waals surface area contributed by atoms with Crippen molar-refractivity contribution in [3.05, 3.63) is 60.2 Å². The van der Waals surface area contributed by atoms with Gasteiger partial charge >= 0.3 is 6.18 Å². The van der Waals surface area contributed by atoms with E-state index in [-0.39, 0.29) is 11.9 Å². The number of benzene rings is 2. The van der Waals surface area contributed by atoms with Gasteiger partial charge in [-0.05, 0) is 24.3 Å². The summed E-state index contributed by atoms with van der Waals surface area (Å²) in [5.41, 5.74) is 5.05. The number of amides is 2. The summed E-state index contributed by atoms with van der Waals surface area (Å²) in [6, 6.07) is 12.3. The zero-order valence-corrected chi connectivity index (χ0v) is 15.4. The number of para-hydroxylation sites is 2. The lowest BCUT2D eigenvalue weighted by atomic mass is 10.1. The van der Waals surface area contributed by atoms with Gasteiger partial charge in [0, 0.05) is 5.69 Å². The number of aliphatic imine (C=N–C) groups is 2. The SMILES string of the molecule is NC(=NC1=N[C@@H](CC(=O)Nc2ccccc2C(F)(F)F)C(=O)N1)Nc1ccccc1. The molecule has 0 aliphatic carbocycles. The molecule has 1 aliphatic heterocycles. The highest BCUT2D eigenvalue weighted by atomic mass is 19.4. The molecule has 0 fully saturated rings. The van der Waals surface area contributed by atoms with Crippen LogP contribution in [0.15, 0.2) is 64.6 Å². The van der Waals surface area contributed by atoms with Gasteiger partial charge in [0.05, 0.1) is 17.7 Å². The number of rotatable bonds is 4. The van der Waals surface area contributed by atoms with Crippen LogP contribution >= 0.6 is 0 Å². The van der Waals surface area contributed by atoms with Crippen LogP contribution in [0, 0.1) is 0 Å². The van der Waals surface area contributed by atoms with Gasteiger partial charge in [-0.1, -0.05) is 30.3 Å². The standard InChI is InChI=1S/C19H17F3N6O2/c20-19(21,22)12-8-4-5-9-13(12)25-15(29)10-14-16(30)27-18(26-14)28-17(23)24-11-6-2-1-3-7-11/h1-9,14H,10H2,(H,25,29)(H4,23,24,26,27,28,30)/t14-/m0/s1. The summed E-state index contributed by atoms with van der Waals surface area (Å²) in [6.45, 7) is 0. The number of nitrogens with two attached hydrogens (primary N) is 1. The van der Waals surface area contributed by atoms with Gasteiger partial charge in [-0.25, -0.2) is 4.99 Å². The Balaban J connectivity index is 1.64. The molecule has 5 N–H and O–H groups in total. The van der Waals surface area contributed by atoms with Gasteiger partial charge in [0.15, 0.2) is 0 Å². The molecule has 1 atom stereocenters. The number of guanidine groups is 2. The average Bonchev–Trinajstić information content (AvgIpc) is 3.00. The van der Waals surface area contributed by atoms with Crippen LogP contribution in [-0.2, 0) is 15.8 Å². The Kier molecular flexibility index (Phi) is 6.00. The second-order valence-corrected chi connectivity index (χ2v) is 6.24. The molecule has 1 aliphatic rings. The molecule has 0 saturated carbocycles. The van der Waals surface area contributed by atoms with E-state index < -0.39 is 41.7 Å². The summed E-state index contributed by atoms with van der Waals surface area (Å²) in [7, 11) is 0. The maximum absolute atomic E-state index is 13.0. The number of carbonyl (C=O) groups excluding carboxylic acids is 2. The molecule has 0 radical (unpaired) electrons. The lowest BCUT2D eigenvalue weighted by molar-refractivity contribution is -0.137. The minimum atomic E-state index is -4.63. The largest absolute Gasteiger partial charge is 0.418 e. The summed E-state index contributed by atoms with van der Waals surface area (Å²) in [5, 5.41) is 7.34. The number of carbonyl (C=O) groups is 2. The van der Waals surface area contributed by atoms with Gasteiger partial charge in [0.1, 0.15) is 6.04 Å².